The van der Waals surface area contributed by atoms with Crippen molar-refractivity contribution < 1.29 is 9.21 Å². The van der Waals surface area contributed by atoms with Crippen LogP contribution >= 0.6 is 12.4 Å². The molecule has 0 spiro atoms. The highest BCUT2D eigenvalue weighted by molar-refractivity contribution is 5.94. The molecule has 1 aliphatic heterocycles. The minimum atomic E-state index is 0. The number of carbonyl (C=O) groups is 1. The van der Waals surface area contributed by atoms with Crippen molar-refractivity contribution in [3.05, 3.63) is 23.7 Å². The molecule has 0 radical (unpaired) electrons. The molecule has 2 rings (SSSR count). The number of likely N-dealkylation sites (tertiary alicyclic amines) is 1. The Balaban J connectivity index is 0.00000220. The molecule has 1 atom stereocenters. The smallest absolute Gasteiger partial charge is 0.257 e. The Hall–Kier alpha value is -1.00. The molecule has 2 N–H and O–H groups in total. The fourth-order valence-corrected chi connectivity index (χ4v) is 3.00. The summed E-state index contributed by atoms with van der Waals surface area (Å²) in [6.45, 7) is 5.64. The number of hydrogen-bond donors (Lipinski definition) is 1. The SMILES string of the molecule is CC(C)CC1CCCCCN1C(=O)c1coc(CN)c1.Cl. The molecule has 1 amide bonds. The van der Waals surface area contributed by atoms with Crippen LogP contribution in [0.25, 0.3) is 0 Å². The van der Waals surface area contributed by atoms with Gasteiger partial charge in [0.05, 0.1) is 12.1 Å². The van der Waals surface area contributed by atoms with Gasteiger partial charge in [0.1, 0.15) is 12.0 Å². The third-order valence-corrected chi connectivity index (χ3v) is 3.98. The van der Waals surface area contributed by atoms with Crippen LogP contribution in [0.5, 0.6) is 0 Å². The molecule has 0 bridgehead atoms. The van der Waals surface area contributed by atoms with E-state index in [4.69, 9.17) is 10.2 Å². The van der Waals surface area contributed by atoms with E-state index in [1.54, 1.807) is 12.3 Å². The van der Waals surface area contributed by atoms with E-state index in [-0.39, 0.29) is 18.3 Å². The van der Waals surface area contributed by atoms with Gasteiger partial charge in [-0.1, -0.05) is 26.7 Å². The predicted octanol–water partition coefficient (Wildman–Crippen LogP) is 3.59. The van der Waals surface area contributed by atoms with E-state index in [0.717, 1.165) is 25.8 Å². The number of nitrogens with two attached hydrogens (primary N) is 1. The second-order valence-electron chi connectivity index (χ2n) is 6.14. The van der Waals surface area contributed by atoms with Crippen LogP contribution in [0.3, 0.4) is 0 Å². The predicted molar refractivity (Wildman–Crippen MR) is 86.6 cm³/mol. The average molecular weight is 315 g/mol. The van der Waals surface area contributed by atoms with E-state index in [1.807, 2.05) is 0 Å². The van der Waals surface area contributed by atoms with Gasteiger partial charge in [0, 0.05) is 12.6 Å². The lowest BCUT2D eigenvalue weighted by atomic mass is 9.98. The minimum absolute atomic E-state index is 0. The summed E-state index contributed by atoms with van der Waals surface area (Å²) in [5.74, 6) is 1.38. The molecule has 1 aliphatic rings. The fourth-order valence-electron chi connectivity index (χ4n) is 3.00. The molecule has 1 aromatic rings. The van der Waals surface area contributed by atoms with Gasteiger partial charge < -0.3 is 15.1 Å². The summed E-state index contributed by atoms with van der Waals surface area (Å²) in [4.78, 5) is 14.8. The van der Waals surface area contributed by atoms with E-state index in [2.05, 4.69) is 18.7 Å². The van der Waals surface area contributed by atoms with Crippen molar-refractivity contribution in [3.63, 3.8) is 0 Å². The van der Waals surface area contributed by atoms with E-state index < -0.39 is 0 Å². The van der Waals surface area contributed by atoms with Gasteiger partial charge >= 0.3 is 0 Å². The van der Waals surface area contributed by atoms with Crippen LogP contribution in [0, 0.1) is 5.92 Å². The first kappa shape index (κ1) is 18.1. The van der Waals surface area contributed by atoms with Gasteiger partial charge in [-0.15, -0.1) is 12.4 Å². The highest BCUT2D eigenvalue weighted by atomic mass is 35.5. The maximum Gasteiger partial charge on any atom is 0.257 e. The zero-order chi connectivity index (χ0) is 14.5. The average Bonchev–Trinajstić information content (AvgIpc) is 2.79. The van der Waals surface area contributed by atoms with Crippen molar-refractivity contribution >= 4 is 18.3 Å². The second kappa shape index (κ2) is 8.44. The van der Waals surface area contributed by atoms with Gasteiger partial charge in [-0.05, 0) is 31.2 Å². The number of halogens is 1. The van der Waals surface area contributed by atoms with Gasteiger partial charge in [-0.2, -0.15) is 0 Å². The van der Waals surface area contributed by atoms with Gasteiger partial charge in [0.2, 0.25) is 0 Å². The fraction of sp³-hybridized carbons (Fsp3) is 0.688. The molecule has 2 heterocycles. The molecular formula is C16H27ClN2O2. The monoisotopic (exact) mass is 314 g/mol. The third kappa shape index (κ3) is 4.75. The quantitative estimate of drug-likeness (QED) is 0.924. The first-order chi connectivity index (χ1) is 9.61. The number of furan rings is 1. The zero-order valence-corrected chi connectivity index (χ0v) is 13.8. The number of rotatable bonds is 4. The van der Waals surface area contributed by atoms with Gasteiger partial charge in [0.15, 0.2) is 0 Å². The molecule has 0 aromatic carbocycles. The summed E-state index contributed by atoms with van der Waals surface area (Å²) in [5, 5.41) is 0. The third-order valence-electron chi connectivity index (χ3n) is 3.98. The number of carbonyl (C=O) groups excluding carboxylic acids is 1. The number of nitrogens with zero attached hydrogens (tertiary/aromatic N) is 1. The number of hydrogen-bond acceptors (Lipinski definition) is 3. The maximum atomic E-state index is 12.7. The molecule has 1 aromatic heterocycles. The molecule has 0 saturated carbocycles. The lowest BCUT2D eigenvalue weighted by molar-refractivity contribution is 0.0660. The highest BCUT2D eigenvalue weighted by Crippen LogP contribution is 2.24. The molecule has 4 nitrogen and oxygen atoms in total. The molecule has 5 heteroatoms. The van der Waals surface area contributed by atoms with Crippen LogP contribution in [-0.2, 0) is 6.54 Å². The Kier molecular flexibility index (Phi) is 7.26. The number of amides is 1. The molecule has 0 aliphatic carbocycles. The van der Waals surface area contributed by atoms with Crippen LogP contribution < -0.4 is 5.73 Å². The standard InChI is InChI=1S/C16H26N2O2.ClH/c1-12(2)8-14-6-4-3-5-7-18(14)16(19)13-9-15(10-17)20-11-13;/h9,11-12,14H,3-8,10,17H2,1-2H3;1H. The summed E-state index contributed by atoms with van der Waals surface area (Å²) in [7, 11) is 0. The maximum absolute atomic E-state index is 12.7. The lowest BCUT2D eigenvalue weighted by Gasteiger charge is -2.31. The largest absolute Gasteiger partial charge is 0.467 e. The summed E-state index contributed by atoms with van der Waals surface area (Å²) >= 11 is 0. The zero-order valence-electron chi connectivity index (χ0n) is 13.0. The Bertz CT molecular complexity index is 445. The van der Waals surface area contributed by atoms with Crippen molar-refractivity contribution in [1.29, 1.82) is 0 Å². The summed E-state index contributed by atoms with van der Waals surface area (Å²) in [6.07, 6.45) is 7.28. The topological polar surface area (TPSA) is 59.5 Å². The van der Waals surface area contributed by atoms with Crippen LogP contribution in [0.1, 0.15) is 62.1 Å². The van der Waals surface area contributed by atoms with Crippen LogP contribution in [0.2, 0.25) is 0 Å². The minimum Gasteiger partial charge on any atom is -0.467 e. The normalized spacial score (nSPS) is 19.2. The van der Waals surface area contributed by atoms with Crippen molar-refractivity contribution in [3.8, 4) is 0 Å². The molecule has 21 heavy (non-hydrogen) atoms. The lowest BCUT2D eigenvalue weighted by Crippen LogP contribution is -2.40. The Morgan fingerprint density at radius 2 is 2.19 bits per heavy atom. The Labute approximate surface area is 133 Å². The summed E-state index contributed by atoms with van der Waals surface area (Å²) in [5.41, 5.74) is 6.18. The van der Waals surface area contributed by atoms with E-state index >= 15 is 0 Å². The van der Waals surface area contributed by atoms with Gasteiger partial charge in [-0.3, -0.25) is 4.79 Å². The molecule has 120 valence electrons. The van der Waals surface area contributed by atoms with E-state index in [9.17, 15) is 4.79 Å². The Morgan fingerprint density at radius 1 is 1.43 bits per heavy atom. The molecule has 1 fully saturated rings. The van der Waals surface area contributed by atoms with Crippen molar-refractivity contribution in [1.82, 2.24) is 4.90 Å². The van der Waals surface area contributed by atoms with Crippen molar-refractivity contribution in [2.75, 3.05) is 6.54 Å². The van der Waals surface area contributed by atoms with E-state index in [1.165, 1.54) is 12.8 Å². The second-order valence-corrected chi connectivity index (χ2v) is 6.14. The molecule has 1 unspecified atom stereocenters. The van der Waals surface area contributed by atoms with Gasteiger partial charge in [-0.25, -0.2) is 0 Å². The van der Waals surface area contributed by atoms with Crippen molar-refractivity contribution in [2.24, 2.45) is 11.7 Å². The first-order valence-corrected chi connectivity index (χ1v) is 7.70. The highest BCUT2D eigenvalue weighted by Gasteiger charge is 2.27. The van der Waals surface area contributed by atoms with Crippen LogP contribution in [0.15, 0.2) is 16.7 Å². The summed E-state index contributed by atoms with van der Waals surface area (Å²) < 4.78 is 5.30. The molecule has 1 saturated heterocycles. The van der Waals surface area contributed by atoms with E-state index in [0.29, 0.717) is 29.8 Å². The summed E-state index contributed by atoms with van der Waals surface area (Å²) in [6, 6.07) is 2.14. The van der Waals surface area contributed by atoms with Crippen molar-refractivity contribution in [2.45, 2.75) is 58.5 Å². The van der Waals surface area contributed by atoms with Crippen LogP contribution in [-0.4, -0.2) is 23.4 Å². The Morgan fingerprint density at radius 3 is 2.81 bits per heavy atom. The van der Waals surface area contributed by atoms with Gasteiger partial charge in [0.25, 0.3) is 5.91 Å². The van der Waals surface area contributed by atoms with Crippen LogP contribution in [0.4, 0.5) is 0 Å². The molecular weight excluding hydrogens is 288 g/mol. The first-order valence-electron chi connectivity index (χ1n) is 7.70.